The van der Waals surface area contributed by atoms with E-state index in [4.69, 9.17) is 42.6 Å². The van der Waals surface area contributed by atoms with Gasteiger partial charge in [0, 0.05) is 78.0 Å². The van der Waals surface area contributed by atoms with Crippen molar-refractivity contribution in [3.05, 3.63) is 119 Å². The molecule has 101 heavy (non-hydrogen) atoms. The molecule has 4 aromatic carbocycles. The standard InChI is InChI=1S/2C20H32N2O2.2C17H26N2O2.C8H16N2O/c1-5-21-13-16(2)9-8-12-22-14-19(24-18(22)4)15-23-20-11-7-6-10-17(20)3;1-5-21-12-8-9-16(2)13-22-14-19(24-18(22)4)15-23-20-11-7-6-10-17(20)3;1-5-18-14(3)10-19-11-16(21-15(19)4)12-20-17-9-7-6-8-13(17)2;1-5-18-10-14(3)19-11-16(21-15(19)4)12-20-17-9-7-6-8-13(17)2;1-3-9-4-5-10-6-7-11-8(10)2/h2*5-7,10-11,16,18-19H,8-9,12-15H2,1-4H3;2*5-9,14-16H,10-12H2,1-4H3;3,8H,4-7H2,1-2H3. The molecule has 13 unspecified atom stereocenters. The zero-order valence-corrected chi connectivity index (χ0v) is 65.3. The third-order valence-electron chi connectivity index (χ3n) is 18.8. The first-order valence-electron chi connectivity index (χ1n) is 37.7. The van der Waals surface area contributed by atoms with E-state index in [1.165, 1.54) is 30.4 Å². The molecule has 19 nitrogen and oxygen atoms in total. The Kier molecular flexibility index (Phi) is 41.5. The molecular formula is C82H132N10O9. The number of rotatable bonds is 33. The molecule has 19 heteroatoms. The number of nitrogens with zero attached hydrogens (tertiary/aromatic N) is 10. The molecule has 5 heterocycles. The van der Waals surface area contributed by atoms with Crippen molar-refractivity contribution in [2.24, 2.45) is 36.8 Å². The predicted molar refractivity (Wildman–Crippen MR) is 418 cm³/mol. The van der Waals surface area contributed by atoms with Gasteiger partial charge in [-0.25, -0.2) is 0 Å². The van der Waals surface area contributed by atoms with Gasteiger partial charge >= 0.3 is 0 Å². The average Bonchev–Trinajstić information content (AvgIpc) is 1.74. The zero-order valence-electron chi connectivity index (χ0n) is 65.3. The van der Waals surface area contributed by atoms with Crippen molar-refractivity contribution in [2.45, 2.75) is 218 Å². The summed E-state index contributed by atoms with van der Waals surface area (Å²) in [5, 5.41) is 0. The Morgan fingerprint density at radius 3 is 1.28 bits per heavy atom. The van der Waals surface area contributed by atoms with Crippen LogP contribution in [0.3, 0.4) is 0 Å². The van der Waals surface area contributed by atoms with E-state index in [0.717, 1.165) is 132 Å². The molecule has 564 valence electrons. The molecule has 0 aromatic heterocycles. The summed E-state index contributed by atoms with van der Waals surface area (Å²) in [5.74, 6) is 5.11. The lowest BCUT2D eigenvalue weighted by Gasteiger charge is -2.25. The maximum Gasteiger partial charge on any atom is 0.122 e. The van der Waals surface area contributed by atoms with E-state index < -0.39 is 0 Å². The Bertz CT molecular complexity index is 3010. The fourth-order valence-corrected chi connectivity index (χ4v) is 12.9. The number of hydrogen-bond donors (Lipinski definition) is 0. The van der Waals surface area contributed by atoms with Crippen molar-refractivity contribution >= 4 is 31.1 Å². The predicted octanol–water partition coefficient (Wildman–Crippen LogP) is 14.4. The van der Waals surface area contributed by atoms with Crippen molar-refractivity contribution in [1.29, 1.82) is 0 Å². The molecule has 9 rings (SSSR count). The lowest BCUT2D eigenvalue weighted by atomic mass is 10.0. The molecule has 5 aliphatic heterocycles. The van der Waals surface area contributed by atoms with Crippen LogP contribution < -0.4 is 18.9 Å². The van der Waals surface area contributed by atoms with Gasteiger partial charge in [0.15, 0.2) is 0 Å². The molecule has 0 N–H and O–H groups in total. The maximum atomic E-state index is 6.06. The van der Waals surface area contributed by atoms with Gasteiger partial charge in [0.2, 0.25) is 0 Å². The molecule has 0 aliphatic carbocycles. The molecule has 0 bridgehead atoms. The molecule has 0 amide bonds. The first kappa shape index (κ1) is 85.7. The second kappa shape index (κ2) is 48.9. The summed E-state index contributed by atoms with van der Waals surface area (Å²) in [6, 6.07) is 33.1. The Hall–Kier alpha value is -5.97. The molecule has 5 fully saturated rings. The number of ether oxygens (including phenoxy) is 9. The molecular weight excluding hydrogens is 1270 g/mol. The van der Waals surface area contributed by atoms with Crippen LogP contribution in [0, 0.1) is 39.5 Å². The summed E-state index contributed by atoms with van der Waals surface area (Å²) < 4.78 is 53.1. The molecule has 5 saturated heterocycles. The third-order valence-corrected chi connectivity index (χ3v) is 18.8. The highest BCUT2D eigenvalue weighted by molar-refractivity contribution is 5.54. The second-order valence-electron chi connectivity index (χ2n) is 27.5. The Balaban J connectivity index is 0.000000231. The van der Waals surface area contributed by atoms with Gasteiger partial charge in [-0.1, -0.05) is 86.6 Å². The quantitative estimate of drug-likeness (QED) is 0.0327. The molecule has 13 atom stereocenters. The minimum absolute atomic E-state index is 0.118. The van der Waals surface area contributed by atoms with Crippen molar-refractivity contribution in [1.82, 2.24) is 24.5 Å². The summed E-state index contributed by atoms with van der Waals surface area (Å²) in [7, 11) is 0. The number of aliphatic imine (C=N–C) groups is 5. The molecule has 0 spiro atoms. The van der Waals surface area contributed by atoms with Crippen LogP contribution >= 0.6 is 0 Å². The summed E-state index contributed by atoms with van der Waals surface area (Å²) in [6.07, 6.45) is 15.6. The van der Waals surface area contributed by atoms with E-state index in [9.17, 15) is 0 Å². The SMILES string of the molecule is CC=NC(C)CN1CC(COc2ccccc2C)OC1C.CC=NCC(C)CCCN1CC(COc2ccccc2C)OC1C.CC=NCC(C)N1CC(COc2ccccc2C)OC1C.CC=NCCCC(C)CN1CC(COc2ccccc2C)OC1C.CC=NCCN1CCOC1C. The van der Waals surface area contributed by atoms with Crippen molar-refractivity contribution in [3.63, 3.8) is 0 Å². The van der Waals surface area contributed by atoms with Gasteiger partial charge in [-0.15, -0.1) is 0 Å². The maximum absolute atomic E-state index is 6.06. The molecule has 0 radical (unpaired) electrons. The van der Waals surface area contributed by atoms with Crippen LogP contribution in [0.15, 0.2) is 122 Å². The van der Waals surface area contributed by atoms with Gasteiger partial charge < -0.3 is 42.6 Å². The highest BCUT2D eigenvalue weighted by Crippen LogP contribution is 2.27. The van der Waals surface area contributed by atoms with Crippen LogP contribution in [0.5, 0.6) is 23.0 Å². The lowest BCUT2D eigenvalue weighted by molar-refractivity contribution is -0.0102. The number of para-hydroxylation sites is 4. The van der Waals surface area contributed by atoms with E-state index in [-0.39, 0.29) is 49.3 Å². The van der Waals surface area contributed by atoms with Gasteiger partial charge in [0.1, 0.15) is 105 Å². The van der Waals surface area contributed by atoms with Gasteiger partial charge in [-0.3, -0.25) is 49.5 Å². The van der Waals surface area contributed by atoms with Crippen LogP contribution in [0.25, 0.3) is 0 Å². The van der Waals surface area contributed by atoms with E-state index in [2.05, 4.69) is 164 Å². The topological polar surface area (TPSA) is 161 Å². The van der Waals surface area contributed by atoms with Crippen LogP contribution in [-0.4, -0.2) is 241 Å². The number of benzene rings is 4. The molecule has 5 aliphatic rings. The fraction of sp³-hybridized carbons (Fsp3) is 0.646. The van der Waals surface area contributed by atoms with Crippen molar-refractivity contribution in [2.75, 3.05) is 118 Å². The van der Waals surface area contributed by atoms with Crippen molar-refractivity contribution < 1.29 is 42.6 Å². The largest absolute Gasteiger partial charge is 0.491 e. The van der Waals surface area contributed by atoms with E-state index in [1.807, 2.05) is 138 Å². The zero-order chi connectivity index (χ0) is 73.3. The lowest BCUT2D eigenvalue weighted by Crippen LogP contribution is -2.38. The van der Waals surface area contributed by atoms with Gasteiger partial charge in [0.25, 0.3) is 0 Å². The van der Waals surface area contributed by atoms with Crippen LogP contribution in [0.4, 0.5) is 0 Å². The first-order chi connectivity index (χ1) is 48.7. The molecule has 4 aromatic rings. The minimum Gasteiger partial charge on any atom is -0.491 e. The summed E-state index contributed by atoms with van der Waals surface area (Å²) in [5.41, 5.74) is 4.66. The normalized spacial score (nSPS) is 24.1. The Labute approximate surface area is 610 Å². The number of aryl methyl sites for hydroxylation is 4. The third kappa shape index (κ3) is 32.7. The van der Waals surface area contributed by atoms with E-state index in [1.54, 1.807) is 0 Å². The highest BCUT2D eigenvalue weighted by Gasteiger charge is 2.35. The fourth-order valence-electron chi connectivity index (χ4n) is 12.9. The van der Waals surface area contributed by atoms with Crippen molar-refractivity contribution in [3.8, 4) is 23.0 Å². The van der Waals surface area contributed by atoms with E-state index >= 15 is 0 Å². The Morgan fingerprint density at radius 2 is 0.832 bits per heavy atom. The first-order valence-corrected chi connectivity index (χ1v) is 37.7. The van der Waals surface area contributed by atoms with Gasteiger partial charge in [0.05, 0.1) is 25.7 Å². The van der Waals surface area contributed by atoms with Crippen LogP contribution in [0.1, 0.15) is 145 Å². The number of hydrogen-bond acceptors (Lipinski definition) is 19. The smallest absolute Gasteiger partial charge is 0.122 e. The summed E-state index contributed by atoms with van der Waals surface area (Å²) in [4.78, 5) is 33.3. The van der Waals surface area contributed by atoms with Gasteiger partial charge in [-0.2, -0.15) is 0 Å². The minimum atomic E-state index is 0.118. The second-order valence-corrected chi connectivity index (χ2v) is 27.5. The summed E-state index contributed by atoms with van der Waals surface area (Å²) >= 11 is 0. The Morgan fingerprint density at radius 1 is 0.426 bits per heavy atom. The van der Waals surface area contributed by atoms with Gasteiger partial charge in [-0.05, 0) is 226 Å². The summed E-state index contributed by atoms with van der Waals surface area (Å²) in [6.45, 7) is 53.3. The monoisotopic (exact) mass is 1400 g/mol. The average molecular weight is 1400 g/mol. The van der Waals surface area contributed by atoms with Crippen LogP contribution in [0.2, 0.25) is 0 Å². The molecule has 0 saturated carbocycles. The highest BCUT2D eigenvalue weighted by atomic mass is 16.6. The van der Waals surface area contributed by atoms with Crippen LogP contribution in [-0.2, 0) is 23.7 Å². The van der Waals surface area contributed by atoms with E-state index in [0.29, 0.717) is 56.6 Å².